The molecule has 15 heavy (non-hydrogen) atoms. The highest BCUT2D eigenvalue weighted by atomic mass is 32.1. The van der Waals surface area contributed by atoms with Gasteiger partial charge in [0.2, 0.25) is 0 Å². The van der Waals surface area contributed by atoms with Gasteiger partial charge >= 0.3 is 0 Å². The predicted octanol–water partition coefficient (Wildman–Crippen LogP) is 1.55. The quantitative estimate of drug-likeness (QED) is 0.727. The number of nitrogens with zero attached hydrogens (tertiary/aromatic N) is 1. The van der Waals surface area contributed by atoms with Gasteiger partial charge in [0.25, 0.3) is 0 Å². The van der Waals surface area contributed by atoms with Gasteiger partial charge in [-0.3, -0.25) is 4.90 Å². The second-order valence-electron chi connectivity index (χ2n) is 4.42. The second-order valence-corrected chi connectivity index (χ2v) is 4.94. The molecule has 0 amide bonds. The number of ether oxygens (including phenoxy) is 1. The van der Waals surface area contributed by atoms with Gasteiger partial charge in [0.1, 0.15) is 0 Å². The molecule has 0 aromatic carbocycles. The SMILES string of the molecule is CC(C)N(CCC(N)=S)C1CCCOC1. The van der Waals surface area contributed by atoms with Crippen molar-refractivity contribution in [2.75, 3.05) is 19.8 Å². The van der Waals surface area contributed by atoms with Crippen LogP contribution in [0.3, 0.4) is 0 Å². The van der Waals surface area contributed by atoms with Gasteiger partial charge in [0.05, 0.1) is 11.6 Å². The van der Waals surface area contributed by atoms with Crippen molar-refractivity contribution in [2.24, 2.45) is 5.73 Å². The molecule has 1 heterocycles. The minimum Gasteiger partial charge on any atom is -0.393 e. The van der Waals surface area contributed by atoms with Crippen LogP contribution in [0.25, 0.3) is 0 Å². The molecular formula is C11H22N2OS. The Morgan fingerprint density at radius 2 is 2.33 bits per heavy atom. The molecule has 1 saturated heterocycles. The summed E-state index contributed by atoms with van der Waals surface area (Å²) < 4.78 is 5.51. The minimum atomic E-state index is 0.533. The lowest BCUT2D eigenvalue weighted by Crippen LogP contribution is -2.46. The highest BCUT2D eigenvalue weighted by molar-refractivity contribution is 7.80. The van der Waals surface area contributed by atoms with Crippen LogP contribution in [-0.4, -0.2) is 41.7 Å². The molecule has 0 bridgehead atoms. The van der Waals surface area contributed by atoms with Gasteiger partial charge in [-0.05, 0) is 26.7 Å². The maximum absolute atomic E-state index is 5.54. The molecule has 1 unspecified atom stereocenters. The Kier molecular flexibility index (Phi) is 5.50. The summed E-state index contributed by atoms with van der Waals surface area (Å²) in [6, 6.07) is 1.08. The lowest BCUT2D eigenvalue weighted by Gasteiger charge is -2.37. The van der Waals surface area contributed by atoms with Crippen LogP contribution in [0.4, 0.5) is 0 Å². The van der Waals surface area contributed by atoms with Crippen molar-refractivity contribution in [3.05, 3.63) is 0 Å². The molecule has 1 rings (SSSR count). The Hall–Kier alpha value is -0.190. The smallest absolute Gasteiger partial charge is 0.0740 e. The number of nitrogens with two attached hydrogens (primary N) is 1. The van der Waals surface area contributed by atoms with Crippen molar-refractivity contribution in [2.45, 2.75) is 45.2 Å². The van der Waals surface area contributed by atoms with Gasteiger partial charge < -0.3 is 10.5 Å². The van der Waals surface area contributed by atoms with Crippen LogP contribution in [0.2, 0.25) is 0 Å². The van der Waals surface area contributed by atoms with E-state index in [-0.39, 0.29) is 0 Å². The average molecular weight is 230 g/mol. The van der Waals surface area contributed by atoms with E-state index in [1.54, 1.807) is 0 Å². The van der Waals surface area contributed by atoms with E-state index in [9.17, 15) is 0 Å². The monoisotopic (exact) mass is 230 g/mol. The van der Waals surface area contributed by atoms with Gasteiger partial charge in [-0.15, -0.1) is 0 Å². The molecule has 0 spiro atoms. The summed E-state index contributed by atoms with van der Waals surface area (Å²) in [4.78, 5) is 3.07. The molecule has 88 valence electrons. The minimum absolute atomic E-state index is 0.533. The van der Waals surface area contributed by atoms with E-state index in [0.717, 1.165) is 26.2 Å². The first kappa shape index (κ1) is 12.9. The van der Waals surface area contributed by atoms with Crippen molar-refractivity contribution >= 4 is 17.2 Å². The fourth-order valence-electron chi connectivity index (χ4n) is 2.09. The van der Waals surface area contributed by atoms with Crippen molar-refractivity contribution in [1.29, 1.82) is 0 Å². The van der Waals surface area contributed by atoms with Gasteiger partial charge in [0, 0.05) is 31.7 Å². The van der Waals surface area contributed by atoms with Crippen molar-refractivity contribution in [3.8, 4) is 0 Å². The van der Waals surface area contributed by atoms with Gasteiger partial charge in [-0.2, -0.15) is 0 Å². The summed E-state index contributed by atoms with van der Waals surface area (Å²) in [5.41, 5.74) is 5.54. The molecule has 1 aliphatic heterocycles. The van der Waals surface area contributed by atoms with E-state index in [1.165, 1.54) is 12.8 Å². The summed E-state index contributed by atoms with van der Waals surface area (Å²) in [6.45, 7) is 7.16. The molecule has 1 atom stereocenters. The van der Waals surface area contributed by atoms with Crippen LogP contribution in [0.5, 0.6) is 0 Å². The van der Waals surface area contributed by atoms with Crippen LogP contribution in [0.15, 0.2) is 0 Å². The molecule has 3 nitrogen and oxygen atoms in total. The number of thiocarbonyl (C=S) groups is 1. The highest BCUT2D eigenvalue weighted by Gasteiger charge is 2.23. The lowest BCUT2D eigenvalue weighted by molar-refractivity contribution is 0.00694. The Balaban J connectivity index is 2.44. The largest absolute Gasteiger partial charge is 0.393 e. The third kappa shape index (κ3) is 4.45. The standard InChI is InChI=1S/C11H22N2OS/c1-9(2)13(6-5-11(12)15)10-4-3-7-14-8-10/h9-10H,3-8H2,1-2H3,(H2,12,15). The predicted molar refractivity (Wildman–Crippen MR) is 67.1 cm³/mol. The van der Waals surface area contributed by atoms with Crippen LogP contribution in [0.1, 0.15) is 33.1 Å². The molecule has 0 aromatic rings. The van der Waals surface area contributed by atoms with Gasteiger partial charge in [-0.25, -0.2) is 0 Å². The Labute approximate surface area is 98.0 Å². The zero-order valence-corrected chi connectivity index (χ0v) is 10.6. The Morgan fingerprint density at radius 1 is 1.60 bits per heavy atom. The van der Waals surface area contributed by atoms with Gasteiger partial charge in [-0.1, -0.05) is 12.2 Å². The van der Waals surface area contributed by atoms with Crippen LogP contribution in [0, 0.1) is 0 Å². The maximum Gasteiger partial charge on any atom is 0.0740 e. The fourth-order valence-corrected chi connectivity index (χ4v) is 2.18. The van der Waals surface area contributed by atoms with E-state index < -0.39 is 0 Å². The maximum atomic E-state index is 5.54. The molecule has 4 heteroatoms. The van der Waals surface area contributed by atoms with Crippen molar-refractivity contribution in [3.63, 3.8) is 0 Å². The summed E-state index contributed by atoms with van der Waals surface area (Å²) in [6.07, 6.45) is 3.21. The van der Waals surface area contributed by atoms with E-state index in [1.807, 2.05) is 0 Å². The summed E-state index contributed by atoms with van der Waals surface area (Å²) in [5.74, 6) is 0. The van der Waals surface area contributed by atoms with Crippen LogP contribution in [-0.2, 0) is 4.74 Å². The zero-order valence-electron chi connectivity index (χ0n) is 9.74. The lowest BCUT2D eigenvalue weighted by atomic mass is 10.1. The fraction of sp³-hybridized carbons (Fsp3) is 0.909. The van der Waals surface area contributed by atoms with E-state index >= 15 is 0 Å². The van der Waals surface area contributed by atoms with Crippen molar-refractivity contribution < 1.29 is 4.74 Å². The number of hydrogen-bond acceptors (Lipinski definition) is 3. The zero-order chi connectivity index (χ0) is 11.3. The van der Waals surface area contributed by atoms with Crippen LogP contribution < -0.4 is 5.73 Å². The first-order chi connectivity index (χ1) is 7.11. The molecular weight excluding hydrogens is 208 g/mol. The number of rotatable bonds is 5. The third-order valence-electron chi connectivity index (χ3n) is 2.88. The van der Waals surface area contributed by atoms with E-state index in [2.05, 4.69) is 18.7 Å². The van der Waals surface area contributed by atoms with Crippen LogP contribution >= 0.6 is 12.2 Å². The summed E-state index contributed by atoms with van der Waals surface area (Å²) in [7, 11) is 0. The molecule has 0 aromatic heterocycles. The van der Waals surface area contributed by atoms with E-state index in [0.29, 0.717) is 17.1 Å². The third-order valence-corrected chi connectivity index (χ3v) is 3.09. The normalized spacial score (nSPS) is 22.3. The average Bonchev–Trinajstić information content (AvgIpc) is 2.18. The molecule has 0 saturated carbocycles. The van der Waals surface area contributed by atoms with Gasteiger partial charge in [0.15, 0.2) is 0 Å². The second kappa shape index (κ2) is 6.40. The molecule has 1 aliphatic rings. The van der Waals surface area contributed by atoms with E-state index in [4.69, 9.17) is 22.7 Å². The highest BCUT2D eigenvalue weighted by Crippen LogP contribution is 2.16. The Morgan fingerprint density at radius 3 is 2.80 bits per heavy atom. The Bertz CT molecular complexity index is 203. The first-order valence-electron chi connectivity index (χ1n) is 5.73. The molecule has 1 fully saturated rings. The number of hydrogen-bond donors (Lipinski definition) is 1. The van der Waals surface area contributed by atoms with Crippen molar-refractivity contribution in [1.82, 2.24) is 4.90 Å². The summed E-state index contributed by atoms with van der Waals surface area (Å²) in [5, 5.41) is 0. The summed E-state index contributed by atoms with van der Waals surface area (Å²) >= 11 is 4.92. The molecule has 0 radical (unpaired) electrons. The first-order valence-corrected chi connectivity index (χ1v) is 6.14. The molecule has 0 aliphatic carbocycles. The molecule has 2 N–H and O–H groups in total. The topological polar surface area (TPSA) is 38.5 Å².